The molecule has 0 saturated carbocycles. The number of ketones is 1. The lowest BCUT2D eigenvalue weighted by atomic mass is 9.62. The molecule has 1 amide bonds. The molecule has 9 atom stereocenters. The third-order valence-electron chi connectivity index (χ3n) is 11.6. The molecule has 0 aliphatic carbocycles. The minimum Gasteiger partial charge on any atom is -0.458 e. The van der Waals surface area contributed by atoms with Crippen LogP contribution in [0.5, 0.6) is 0 Å². The molecular formula is C38H59BN6O6. The van der Waals surface area contributed by atoms with E-state index in [-0.39, 0.29) is 23.6 Å². The number of benzene rings is 1. The van der Waals surface area contributed by atoms with E-state index in [1.807, 2.05) is 72.1 Å². The standard InChI is InChI=1S/C38H59BN6O6/c1-10-15-30-34-38(7,51-36(48)45(34)19-13-12-18-44-23-29(41-42-44)27-16-14-17-28(40)20-27)31(11-2)50-35(47)26(5)32(46)25(4)33(39)37(6,49-9)21-24(3)22-43(30)8/h10,14,16-17,20,23-26,30-31,33-34H,1,11-13,15,18-19,21-22,39-40H2,2-9H3/t24-,25+,26-,30-,31-,33-,34-,37-,38-/m1/s1. The predicted octanol–water partition coefficient (Wildman–Crippen LogP) is 4.79. The number of carbonyl (C=O) groups excluding carboxylic acids is 3. The Bertz CT molecular complexity index is 1540. The number of amides is 1. The van der Waals surface area contributed by atoms with E-state index < -0.39 is 47.2 Å². The molecule has 2 saturated heterocycles. The Hall–Kier alpha value is -3.71. The number of fused-ring (bicyclic) bond motifs is 1. The van der Waals surface area contributed by atoms with Crippen molar-refractivity contribution in [1.82, 2.24) is 24.8 Å². The number of nitrogens with zero attached hydrogens (tertiary/aromatic N) is 5. The third kappa shape index (κ3) is 8.68. The average Bonchev–Trinajstić information content (AvgIpc) is 3.67. The molecule has 13 heteroatoms. The number of methoxy groups -OCH3 is 1. The summed E-state index contributed by atoms with van der Waals surface area (Å²) in [6.45, 7) is 17.3. The Labute approximate surface area is 304 Å². The first-order chi connectivity index (χ1) is 24.1. The fraction of sp³-hybridized carbons (Fsp3) is 0.658. The molecule has 1 aromatic heterocycles. The molecule has 280 valence electrons. The van der Waals surface area contributed by atoms with Crippen LogP contribution in [0.4, 0.5) is 10.5 Å². The van der Waals surface area contributed by atoms with Crippen LogP contribution in [-0.4, -0.2) is 107 Å². The number of Topliss-reactive ketones (excluding diaryl/α,β-unsaturated/α-hetero) is 1. The van der Waals surface area contributed by atoms with Crippen molar-refractivity contribution >= 4 is 31.4 Å². The Morgan fingerprint density at radius 2 is 1.86 bits per heavy atom. The summed E-state index contributed by atoms with van der Waals surface area (Å²) in [6.07, 6.45) is 5.65. The lowest BCUT2D eigenvalue weighted by Gasteiger charge is -2.45. The molecule has 0 spiro atoms. The molecule has 0 radical (unpaired) electrons. The zero-order chi connectivity index (χ0) is 37.7. The van der Waals surface area contributed by atoms with Crippen LogP contribution in [0, 0.1) is 17.8 Å². The summed E-state index contributed by atoms with van der Waals surface area (Å²) in [5, 5.41) is 8.62. The first kappa shape index (κ1) is 40.1. The van der Waals surface area contributed by atoms with Crippen molar-refractivity contribution in [3.63, 3.8) is 0 Å². The van der Waals surface area contributed by atoms with Gasteiger partial charge in [-0.05, 0) is 83.8 Å². The zero-order valence-electron chi connectivity index (χ0n) is 32.1. The number of hydrogen-bond acceptors (Lipinski definition) is 10. The van der Waals surface area contributed by atoms with Crippen molar-refractivity contribution in [3.8, 4) is 11.3 Å². The van der Waals surface area contributed by atoms with E-state index in [0.29, 0.717) is 51.0 Å². The highest BCUT2D eigenvalue weighted by atomic mass is 16.6. The summed E-state index contributed by atoms with van der Waals surface area (Å²) < 4.78 is 20.4. The van der Waals surface area contributed by atoms with Gasteiger partial charge in [-0.1, -0.05) is 44.2 Å². The Balaban J connectivity index is 1.63. The minimum absolute atomic E-state index is 0.149. The lowest BCUT2D eigenvalue weighted by Crippen LogP contribution is -2.61. The number of likely N-dealkylation sites (N-methyl/N-ethyl adjacent to an activating group) is 1. The number of esters is 1. The molecule has 2 aromatic rings. The molecule has 2 fully saturated rings. The van der Waals surface area contributed by atoms with E-state index in [1.54, 1.807) is 23.6 Å². The SMILES string of the molecule is B[C@@H]1[C@@H](C)C(=O)[C@@H](C)C(=O)O[C@H](CC)[C@@]2(C)OC(=O)N(CCCCn3cc(-c4cccc(N)c4)nn3)[C@@H]2[C@@H](CC=C)N(C)C[C@H](C)C[C@@]1(C)OC. The van der Waals surface area contributed by atoms with Gasteiger partial charge in [-0.2, -0.15) is 0 Å². The van der Waals surface area contributed by atoms with Crippen molar-refractivity contribution in [2.75, 3.05) is 33.0 Å². The normalized spacial score (nSPS) is 32.8. The van der Waals surface area contributed by atoms with Gasteiger partial charge in [0.2, 0.25) is 0 Å². The molecule has 0 bridgehead atoms. The number of aromatic nitrogens is 3. The van der Waals surface area contributed by atoms with Crippen LogP contribution in [0.1, 0.15) is 73.6 Å². The topological polar surface area (TPSA) is 142 Å². The largest absolute Gasteiger partial charge is 0.458 e. The minimum atomic E-state index is -1.19. The number of unbranched alkanes of at least 4 members (excludes halogenated alkanes) is 1. The van der Waals surface area contributed by atoms with Crippen molar-refractivity contribution < 1.29 is 28.6 Å². The van der Waals surface area contributed by atoms with Crippen LogP contribution in [0.25, 0.3) is 11.3 Å². The van der Waals surface area contributed by atoms with E-state index >= 15 is 0 Å². The molecule has 2 aliphatic rings. The summed E-state index contributed by atoms with van der Waals surface area (Å²) in [4.78, 5) is 45.4. The number of cyclic esters (lactones) is 1. The van der Waals surface area contributed by atoms with Gasteiger partial charge in [0.1, 0.15) is 31.3 Å². The van der Waals surface area contributed by atoms with Crippen LogP contribution < -0.4 is 5.73 Å². The Morgan fingerprint density at radius 1 is 1.16 bits per heavy atom. The summed E-state index contributed by atoms with van der Waals surface area (Å²) in [5.41, 5.74) is 6.47. The van der Waals surface area contributed by atoms with Gasteiger partial charge in [0.15, 0.2) is 5.60 Å². The Morgan fingerprint density at radius 3 is 2.51 bits per heavy atom. The summed E-state index contributed by atoms with van der Waals surface area (Å²) >= 11 is 0. The van der Waals surface area contributed by atoms with E-state index in [2.05, 4.69) is 35.8 Å². The van der Waals surface area contributed by atoms with E-state index in [4.69, 9.17) is 19.9 Å². The fourth-order valence-electron chi connectivity index (χ4n) is 8.29. The summed E-state index contributed by atoms with van der Waals surface area (Å²) in [6, 6.07) is 6.87. The first-order valence-corrected chi connectivity index (χ1v) is 18.5. The van der Waals surface area contributed by atoms with Crippen molar-refractivity contribution in [3.05, 3.63) is 43.1 Å². The van der Waals surface area contributed by atoms with Gasteiger partial charge < -0.3 is 24.8 Å². The quantitative estimate of drug-likeness (QED) is 0.0916. The molecule has 2 N–H and O–H groups in total. The molecule has 3 heterocycles. The molecule has 12 nitrogen and oxygen atoms in total. The number of rotatable bonds is 10. The van der Waals surface area contributed by atoms with Gasteiger partial charge in [-0.3, -0.25) is 19.2 Å². The molecular weight excluding hydrogens is 647 g/mol. The second-order valence-corrected chi connectivity index (χ2v) is 15.3. The lowest BCUT2D eigenvalue weighted by molar-refractivity contribution is -0.171. The van der Waals surface area contributed by atoms with Gasteiger partial charge in [0.05, 0.1) is 17.8 Å². The highest BCUT2D eigenvalue weighted by Crippen LogP contribution is 2.42. The van der Waals surface area contributed by atoms with E-state index in [0.717, 1.165) is 17.7 Å². The molecule has 0 unspecified atom stereocenters. The fourth-order valence-corrected chi connectivity index (χ4v) is 8.29. The first-order valence-electron chi connectivity index (χ1n) is 18.5. The summed E-state index contributed by atoms with van der Waals surface area (Å²) in [5.74, 6) is -2.19. The third-order valence-corrected chi connectivity index (χ3v) is 11.6. The van der Waals surface area contributed by atoms with Gasteiger partial charge >= 0.3 is 12.1 Å². The molecule has 4 rings (SSSR count). The van der Waals surface area contributed by atoms with Crippen molar-refractivity contribution in [2.24, 2.45) is 17.8 Å². The molecule has 51 heavy (non-hydrogen) atoms. The number of nitrogens with two attached hydrogens (primary N) is 1. The number of carbonyl (C=O) groups is 3. The van der Waals surface area contributed by atoms with Crippen LogP contribution in [-0.2, 0) is 30.3 Å². The molecule has 1 aromatic carbocycles. The average molecular weight is 707 g/mol. The predicted molar refractivity (Wildman–Crippen MR) is 201 cm³/mol. The Kier molecular flexibility index (Phi) is 13.2. The maximum atomic E-state index is 13.9. The maximum Gasteiger partial charge on any atom is 0.410 e. The number of anilines is 1. The van der Waals surface area contributed by atoms with Gasteiger partial charge in [0.25, 0.3) is 0 Å². The second-order valence-electron chi connectivity index (χ2n) is 15.3. The number of aryl methyl sites for hydroxylation is 1. The van der Waals surface area contributed by atoms with Crippen LogP contribution >= 0.6 is 0 Å². The van der Waals surface area contributed by atoms with Crippen LogP contribution in [0.3, 0.4) is 0 Å². The number of ether oxygens (including phenoxy) is 3. The maximum absolute atomic E-state index is 13.9. The van der Waals surface area contributed by atoms with E-state index in [9.17, 15) is 14.4 Å². The smallest absolute Gasteiger partial charge is 0.410 e. The highest BCUT2D eigenvalue weighted by molar-refractivity contribution is 6.15. The van der Waals surface area contributed by atoms with Crippen molar-refractivity contribution in [2.45, 2.75) is 115 Å². The molecule has 2 aliphatic heterocycles. The van der Waals surface area contributed by atoms with Gasteiger partial charge in [-0.25, -0.2) is 4.79 Å². The monoisotopic (exact) mass is 706 g/mol. The second kappa shape index (κ2) is 16.8. The van der Waals surface area contributed by atoms with Gasteiger partial charge in [-0.15, -0.1) is 11.7 Å². The van der Waals surface area contributed by atoms with Gasteiger partial charge in [0, 0.05) is 50.0 Å². The number of nitrogen functional groups attached to an aromatic ring is 1. The van der Waals surface area contributed by atoms with Crippen LogP contribution in [0.2, 0.25) is 5.82 Å². The van der Waals surface area contributed by atoms with E-state index in [1.165, 1.54) is 0 Å². The highest BCUT2D eigenvalue weighted by Gasteiger charge is 2.59. The van der Waals surface area contributed by atoms with Crippen molar-refractivity contribution in [1.29, 1.82) is 0 Å². The van der Waals surface area contributed by atoms with Crippen LogP contribution in [0.15, 0.2) is 43.1 Å². The number of hydrogen-bond donors (Lipinski definition) is 1. The summed E-state index contributed by atoms with van der Waals surface area (Å²) in [7, 11) is 5.79. The zero-order valence-corrected chi connectivity index (χ0v) is 32.1.